The summed E-state index contributed by atoms with van der Waals surface area (Å²) in [6.07, 6.45) is 1.73. The highest BCUT2D eigenvalue weighted by molar-refractivity contribution is 5.88. The lowest BCUT2D eigenvalue weighted by atomic mass is 10.1. The third kappa shape index (κ3) is 6.64. The number of nitrogens with one attached hydrogen (secondary N) is 1. The van der Waals surface area contributed by atoms with E-state index in [0.717, 1.165) is 12.8 Å². The normalized spacial score (nSPS) is 10.7. The number of aliphatic hydroxyl groups excluding tert-OH is 1. The Morgan fingerprint density at radius 2 is 1.93 bits per heavy atom. The molecule has 0 saturated carbocycles. The van der Waals surface area contributed by atoms with Gasteiger partial charge in [-0.05, 0) is 39.3 Å². The number of rotatable bonds is 5. The van der Waals surface area contributed by atoms with E-state index in [0.29, 0.717) is 16.8 Å². The Hall–Kier alpha value is -3.31. The van der Waals surface area contributed by atoms with E-state index >= 15 is 0 Å². The minimum absolute atomic E-state index is 0.00453. The van der Waals surface area contributed by atoms with E-state index in [1.807, 2.05) is 6.92 Å². The molecule has 0 fully saturated rings. The molecule has 160 valence electrons. The van der Waals surface area contributed by atoms with Gasteiger partial charge in [0.05, 0.1) is 18.5 Å². The number of benzene rings is 1. The maximum atomic E-state index is 12.8. The molecule has 2 aromatic rings. The first-order chi connectivity index (χ1) is 14.2. The van der Waals surface area contributed by atoms with Gasteiger partial charge in [0.1, 0.15) is 12.2 Å². The second-order valence-corrected chi connectivity index (χ2v) is 7.43. The molecule has 2 N–H and O–H groups in total. The van der Waals surface area contributed by atoms with Crippen LogP contribution in [0.25, 0.3) is 11.3 Å². The van der Waals surface area contributed by atoms with Gasteiger partial charge in [-0.1, -0.05) is 37.3 Å². The Labute approximate surface area is 176 Å². The van der Waals surface area contributed by atoms with Crippen molar-refractivity contribution in [2.45, 2.75) is 46.1 Å². The van der Waals surface area contributed by atoms with Crippen molar-refractivity contribution in [2.75, 3.05) is 18.5 Å². The second-order valence-electron chi connectivity index (χ2n) is 7.43. The SMILES string of the molecule is CCCCOC(=O)Nc1ncc(-c2ccc(C#CCO)cc2)n1C(=O)OC(C)(C)C. The quantitative estimate of drug-likeness (QED) is 0.567. The van der Waals surface area contributed by atoms with Crippen molar-refractivity contribution in [3.8, 4) is 23.1 Å². The van der Waals surface area contributed by atoms with Gasteiger partial charge in [-0.15, -0.1) is 0 Å². The Bertz CT molecular complexity index is 930. The van der Waals surface area contributed by atoms with E-state index in [2.05, 4.69) is 22.1 Å². The number of ether oxygens (including phenoxy) is 2. The molecule has 0 saturated heterocycles. The predicted molar refractivity (Wildman–Crippen MR) is 113 cm³/mol. The van der Waals surface area contributed by atoms with Gasteiger partial charge in [0.2, 0.25) is 5.95 Å². The monoisotopic (exact) mass is 413 g/mol. The summed E-state index contributed by atoms with van der Waals surface area (Å²) in [5.41, 5.74) is 1.10. The van der Waals surface area contributed by atoms with E-state index in [-0.39, 0.29) is 19.2 Å². The minimum atomic E-state index is -0.735. The fourth-order valence-electron chi connectivity index (χ4n) is 2.44. The zero-order valence-electron chi connectivity index (χ0n) is 17.7. The number of carbonyl (C=O) groups is 2. The number of anilines is 1. The molecule has 0 aliphatic carbocycles. The van der Waals surface area contributed by atoms with Gasteiger partial charge in [0, 0.05) is 11.1 Å². The van der Waals surface area contributed by atoms with Gasteiger partial charge in [-0.3, -0.25) is 5.32 Å². The van der Waals surface area contributed by atoms with Gasteiger partial charge in [-0.2, -0.15) is 0 Å². The molecule has 1 aromatic carbocycles. The van der Waals surface area contributed by atoms with Crippen LogP contribution in [-0.4, -0.2) is 45.7 Å². The lowest BCUT2D eigenvalue weighted by molar-refractivity contribution is 0.0543. The largest absolute Gasteiger partial charge is 0.449 e. The summed E-state index contributed by atoms with van der Waals surface area (Å²) in [4.78, 5) is 29.1. The summed E-state index contributed by atoms with van der Waals surface area (Å²) in [5.74, 6) is 5.39. The third-order valence-corrected chi connectivity index (χ3v) is 3.78. The minimum Gasteiger partial charge on any atom is -0.449 e. The van der Waals surface area contributed by atoms with Crippen LogP contribution in [0, 0.1) is 11.8 Å². The Kier molecular flexibility index (Phi) is 8.01. The second kappa shape index (κ2) is 10.5. The molecule has 1 amide bonds. The predicted octanol–water partition coefficient (Wildman–Crippen LogP) is 4.03. The van der Waals surface area contributed by atoms with Crippen LogP contribution in [0.3, 0.4) is 0 Å². The average Bonchev–Trinajstić information content (AvgIpc) is 3.09. The van der Waals surface area contributed by atoms with E-state index in [4.69, 9.17) is 14.6 Å². The fourth-order valence-corrected chi connectivity index (χ4v) is 2.44. The molecule has 2 rings (SSSR count). The van der Waals surface area contributed by atoms with Crippen molar-refractivity contribution in [3.63, 3.8) is 0 Å². The van der Waals surface area contributed by atoms with Crippen molar-refractivity contribution in [1.29, 1.82) is 0 Å². The van der Waals surface area contributed by atoms with E-state index in [9.17, 15) is 9.59 Å². The summed E-state index contributed by atoms with van der Waals surface area (Å²) in [5, 5.41) is 11.3. The van der Waals surface area contributed by atoms with Gasteiger partial charge in [0.15, 0.2) is 0 Å². The number of imidazole rings is 1. The molecule has 0 radical (unpaired) electrons. The topological polar surface area (TPSA) is 103 Å². The Balaban J connectivity index is 2.36. The summed E-state index contributed by atoms with van der Waals surface area (Å²) in [6.45, 7) is 7.30. The van der Waals surface area contributed by atoms with E-state index < -0.39 is 17.8 Å². The number of aromatic nitrogens is 2. The number of aliphatic hydroxyl groups is 1. The van der Waals surface area contributed by atoms with Gasteiger partial charge in [-0.25, -0.2) is 19.1 Å². The van der Waals surface area contributed by atoms with Crippen LogP contribution < -0.4 is 5.32 Å². The van der Waals surface area contributed by atoms with Crippen molar-refractivity contribution in [3.05, 3.63) is 36.0 Å². The molecule has 1 aromatic heterocycles. The standard InChI is InChI=1S/C22H27N3O5/c1-5-6-14-29-20(27)24-19-23-15-18(25(19)21(28)30-22(2,3)4)17-11-9-16(10-12-17)8-7-13-26/h9-12,15,26H,5-6,13-14H2,1-4H3,(H,23,24,27). The first kappa shape index (κ1) is 23.0. The zero-order valence-corrected chi connectivity index (χ0v) is 17.7. The van der Waals surface area contributed by atoms with E-state index in [1.165, 1.54) is 10.8 Å². The van der Waals surface area contributed by atoms with Crippen molar-refractivity contribution >= 4 is 18.1 Å². The molecule has 0 bridgehead atoms. The number of amides is 1. The van der Waals surface area contributed by atoms with Crippen LogP contribution in [0.15, 0.2) is 30.5 Å². The van der Waals surface area contributed by atoms with Crippen LogP contribution in [0.5, 0.6) is 0 Å². The molecule has 0 aliphatic rings. The molecule has 30 heavy (non-hydrogen) atoms. The maximum Gasteiger partial charge on any atom is 0.421 e. The van der Waals surface area contributed by atoms with Crippen LogP contribution >= 0.6 is 0 Å². The Morgan fingerprint density at radius 1 is 1.23 bits per heavy atom. The summed E-state index contributed by atoms with van der Waals surface area (Å²) in [6, 6.07) is 7.05. The van der Waals surface area contributed by atoms with Gasteiger partial charge >= 0.3 is 12.2 Å². The Morgan fingerprint density at radius 3 is 2.53 bits per heavy atom. The number of nitrogens with zero attached hydrogens (tertiary/aromatic N) is 2. The molecule has 0 unspecified atom stereocenters. The smallest absolute Gasteiger partial charge is 0.421 e. The van der Waals surface area contributed by atoms with Crippen LogP contribution in [-0.2, 0) is 9.47 Å². The molecular formula is C22H27N3O5. The van der Waals surface area contributed by atoms with Crippen molar-refractivity contribution in [1.82, 2.24) is 9.55 Å². The number of carbonyl (C=O) groups excluding carboxylic acids is 2. The maximum absolute atomic E-state index is 12.8. The van der Waals surface area contributed by atoms with Crippen molar-refractivity contribution < 1.29 is 24.2 Å². The third-order valence-electron chi connectivity index (χ3n) is 3.78. The highest BCUT2D eigenvalue weighted by Crippen LogP contribution is 2.25. The highest BCUT2D eigenvalue weighted by atomic mass is 16.6. The van der Waals surface area contributed by atoms with Crippen LogP contribution in [0.4, 0.5) is 15.5 Å². The number of unbranched alkanes of at least 4 members (excludes halogenated alkanes) is 1. The first-order valence-corrected chi connectivity index (χ1v) is 9.70. The fraction of sp³-hybridized carbons (Fsp3) is 0.409. The van der Waals surface area contributed by atoms with E-state index in [1.54, 1.807) is 45.0 Å². The molecule has 1 heterocycles. The first-order valence-electron chi connectivity index (χ1n) is 9.70. The number of hydrogen-bond acceptors (Lipinski definition) is 6. The molecular weight excluding hydrogens is 386 g/mol. The van der Waals surface area contributed by atoms with Crippen molar-refractivity contribution in [2.24, 2.45) is 0 Å². The molecule has 8 heteroatoms. The van der Waals surface area contributed by atoms with Crippen LogP contribution in [0.2, 0.25) is 0 Å². The molecule has 8 nitrogen and oxygen atoms in total. The van der Waals surface area contributed by atoms with Crippen LogP contribution in [0.1, 0.15) is 46.1 Å². The average molecular weight is 413 g/mol. The summed E-state index contributed by atoms with van der Waals surface area (Å²) >= 11 is 0. The van der Waals surface area contributed by atoms with Gasteiger partial charge < -0.3 is 14.6 Å². The zero-order chi connectivity index (χ0) is 22.1. The lowest BCUT2D eigenvalue weighted by Crippen LogP contribution is -2.29. The molecule has 0 atom stereocenters. The summed E-state index contributed by atoms with van der Waals surface area (Å²) in [7, 11) is 0. The lowest BCUT2D eigenvalue weighted by Gasteiger charge is -2.21. The highest BCUT2D eigenvalue weighted by Gasteiger charge is 2.25. The number of hydrogen-bond donors (Lipinski definition) is 2. The summed E-state index contributed by atoms with van der Waals surface area (Å²) < 4.78 is 11.8. The van der Waals surface area contributed by atoms with Gasteiger partial charge in [0.25, 0.3) is 0 Å². The molecule has 0 aliphatic heterocycles. The molecule has 0 spiro atoms.